The van der Waals surface area contributed by atoms with Crippen LogP contribution in [-0.2, 0) is 14.3 Å². The normalized spacial score (nSPS) is 16.1. The van der Waals surface area contributed by atoms with Crippen LogP contribution in [0.4, 0.5) is 17.1 Å². The van der Waals surface area contributed by atoms with E-state index < -0.39 is 5.97 Å². The number of nitrogens with zero attached hydrogens (tertiary/aromatic N) is 2. The Balaban J connectivity index is 1.38. The zero-order valence-electron chi connectivity index (χ0n) is 22.9. The van der Waals surface area contributed by atoms with Crippen LogP contribution < -0.4 is 15.5 Å². The fourth-order valence-corrected chi connectivity index (χ4v) is 5.21. The number of benzene rings is 3. The summed E-state index contributed by atoms with van der Waals surface area (Å²) in [5.41, 5.74) is 5.15. The molecule has 0 unspecified atom stereocenters. The molecule has 0 bridgehead atoms. The maximum absolute atomic E-state index is 13.2. The second-order valence-electron chi connectivity index (χ2n) is 10.1. The zero-order valence-corrected chi connectivity index (χ0v) is 22.9. The van der Waals surface area contributed by atoms with Crippen LogP contribution in [0.5, 0.6) is 0 Å². The van der Waals surface area contributed by atoms with Crippen LogP contribution in [0.1, 0.15) is 47.2 Å². The molecule has 1 fully saturated rings. The van der Waals surface area contributed by atoms with Crippen LogP contribution in [-0.4, -0.2) is 56.5 Å². The topological polar surface area (TPSA) is 91.0 Å². The molecular weight excluding hydrogens is 504 g/mol. The molecule has 40 heavy (non-hydrogen) atoms. The summed E-state index contributed by atoms with van der Waals surface area (Å²) in [4.78, 5) is 42.1. The summed E-state index contributed by atoms with van der Waals surface area (Å²) in [5, 5.41) is 6.32. The van der Waals surface area contributed by atoms with Crippen molar-refractivity contribution in [2.24, 2.45) is 0 Å². The lowest BCUT2D eigenvalue weighted by Gasteiger charge is -2.27. The summed E-state index contributed by atoms with van der Waals surface area (Å²) in [5.74, 6) is -0.645. The number of carbonyl (C=O) groups excluding carboxylic acids is 3. The Morgan fingerprint density at radius 2 is 1.68 bits per heavy atom. The van der Waals surface area contributed by atoms with Gasteiger partial charge in [-0.25, -0.2) is 4.79 Å². The summed E-state index contributed by atoms with van der Waals surface area (Å²) >= 11 is 0. The molecule has 8 nitrogen and oxygen atoms in total. The van der Waals surface area contributed by atoms with Crippen molar-refractivity contribution in [1.82, 2.24) is 4.90 Å². The molecule has 8 heteroatoms. The Morgan fingerprint density at radius 1 is 0.950 bits per heavy atom. The van der Waals surface area contributed by atoms with Crippen molar-refractivity contribution < 1.29 is 19.1 Å². The van der Waals surface area contributed by atoms with Gasteiger partial charge in [-0.3, -0.25) is 9.59 Å². The molecule has 2 aliphatic heterocycles. The molecule has 0 atom stereocenters. The van der Waals surface area contributed by atoms with Crippen LogP contribution in [0, 0.1) is 0 Å². The van der Waals surface area contributed by atoms with Gasteiger partial charge in [-0.1, -0.05) is 42.8 Å². The number of piperidine rings is 1. The number of hydrogen-bond acceptors (Lipinski definition) is 6. The van der Waals surface area contributed by atoms with Crippen molar-refractivity contribution in [2.75, 3.05) is 49.3 Å². The van der Waals surface area contributed by atoms with Gasteiger partial charge < -0.3 is 25.2 Å². The smallest absolute Gasteiger partial charge is 0.337 e. The average Bonchev–Trinajstić information content (AvgIpc) is 3.33. The predicted molar refractivity (Wildman–Crippen MR) is 158 cm³/mol. The molecule has 2 heterocycles. The van der Waals surface area contributed by atoms with Crippen LogP contribution >= 0.6 is 0 Å². The van der Waals surface area contributed by atoms with E-state index in [2.05, 4.69) is 15.5 Å². The Bertz CT molecular complexity index is 1430. The first-order chi connectivity index (χ1) is 19.4. The molecule has 3 aromatic rings. The molecule has 2 N–H and O–H groups in total. The van der Waals surface area contributed by atoms with E-state index in [-0.39, 0.29) is 11.8 Å². The summed E-state index contributed by atoms with van der Waals surface area (Å²) < 4.78 is 4.83. The van der Waals surface area contributed by atoms with Gasteiger partial charge in [-0.05, 0) is 67.9 Å². The number of rotatable bonds is 8. The highest BCUT2D eigenvalue weighted by Crippen LogP contribution is 2.38. The quantitative estimate of drug-likeness (QED) is 0.301. The van der Waals surface area contributed by atoms with Gasteiger partial charge in [-0.15, -0.1) is 0 Å². The van der Waals surface area contributed by atoms with Gasteiger partial charge in [0.05, 0.1) is 29.6 Å². The molecule has 0 radical (unpaired) electrons. The minimum atomic E-state index is -0.467. The predicted octanol–water partition coefficient (Wildman–Crippen LogP) is 5.24. The number of esters is 1. The molecule has 0 aliphatic carbocycles. The van der Waals surface area contributed by atoms with Crippen LogP contribution in [0.25, 0.3) is 11.3 Å². The molecule has 0 aromatic heterocycles. The minimum absolute atomic E-state index is 0.0870. The second kappa shape index (κ2) is 12.2. The summed E-state index contributed by atoms with van der Waals surface area (Å²) in [6, 6.07) is 22.3. The largest absolute Gasteiger partial charge is 0.465 e. The van der Waals surface area contributed by atoms with Crippen molar-refractivity contribution in [3.05, 3.63) is 89.5 Å². The molecule has 206 valence electrons. The number of likely N-dealkylation sites (tertiary alicyclic amines) is 1. The van der Waals surface area contributed by atoms with E-state index in [0.717, 1.165) is 36.6 Å². The minimum Gasteiger partial charge on any atom is -0.465 e. The molecule has 1 saturated heterocycles. The maximum Gasteiger partial charge on any atom is 0.337 e. The lowest BCUT2D eigenvalue weighted by molar-refractivity contribution is -0.118. The number of nitrogens with one attached hydrogen (secondary N) is 2. The molecule has 0 saturated carbocycles. The lowest BCUT2D eigenvalue weighted by Crippen LogP contribution is -2.35. The number of amides is 2. The molecule has 2 aliphatic rings. The van der Waals surface area contributed by atoms with Crippen molar-refractivity contribution in [1.29, 1.82) is 0 Å². The molecular formula is C32H34N4O4. The van der Waals surface area contributed by atoms with Gasteiger partial charge in [0.2, 0.25) is 5.91 Å². The van der Waals surface area contributed by atoms with Crippen LogP contribution in [0.3, 0.4) is 0 Å². The Morgan fingerprint density at radius 3 is 2.38 bits per heavy atom. The highest BCUT2D eigenvalue weighted by atomic mass is 16.5. The van der Waals surface area contributed by atoms with Crippen molar-refractivity contribution in [2.45, 2.75) is 25.7 Å². The number of hydrogen-bond donors (Lipinski definition) is 2. The fourth-order valence-electron chi connectivity index (χ4n) is 5.21. The zero-order chi connectivity index (χ0) is 28.1. The summed E-state index contributed by atoms with van der Waals surface area (Å²) in [6.45, 7) is 2.94. The molecule has 0 spiro atoms. The lowest BCUT2D eigenvalue weighted by atomic mass is 9.99. The van der Waals surface area contributed by atoms with E-state index in [4.69, 9.17) is 4.74 Å². The summed E-state index contributed by atoms with van der Waals surface area (Å²) in [7, 11) is 3.13. The Labute approximate surface area is 234 Å². The highest BCUT2D eigenvalue weighted by molar-refractivity contribution is 6.37. The van der Waals surface area contributed by atoms with E-state index in [0.29, 0.717) is 34.5 Å². The third-order valence-electron chi connectivity index (χ3n) is 7.49. The molecule has 3 aromatic carbocycles. The van der Waals surface area contributed by atoms with E-state index in [1.54, 1.807) is 30.1 Å². The van der Waals surface area contributed by atoms with Gasteiger partial charge in [-0.2, -0.15) is 0 Å². The SMILES string of the molecule is COC(=O)c1ccc2c(c1)NC(=O)/C2=C(\Nc1ccc(N(C)C(=O)CCN2CCCCC2)cc1)c1ccccc1. The van der Waals surface area contributed by atoms with Gasteiger partial charge in [0.25, 0.3) is 5.91 Å². The van der Waals surface area contributed by atoms with E-state index in [9.17, 15) is 14.4 Å². The summed E-state index contributed by atoms with van der Waals surface area (Å²) in [6.07, 6.45) is 4.19. The fraction of sp³-hybridized carbons (Fsp3) is 0.281. The number of ether oxygens (including phenoxy) is 1. The maximum atomic E-state index is 13.2. The van der Waals surface area contributed by atoms with Crippen LogP contribution in [0.15, 0.2) is 72.8 Å². The number of methoxy groups -OCH3 is 1. The number of carbonyl (C=O) groups is 3. The number of anilines is 3. The third-order valence-corrected chi connectivity index (χ3v) is 7.49. The Hall–Kier alpha value is -4.43. The van der Waals surface area contributed by atoms with E-state index in [1.807, 2.05) is 54.6 Å². The first-order valence-electron chi connectivity index (χ1n) is 13.6. The van der Waals surface area contributed by atoms with Gasteiger partial charge >= 0.3 is 5.97 Å². The van der Waals surface area contributed by atoms with Gasteiger partial charge in [0.15, 0.2) is 0 Å². The van der Waals surface area contributed by atoms with E-state index >= 15 is 0 Å². The third kappa shape index (κ3) is 5.92. The average molecular weight is 539 g/mol. The van der Waals surface area contributed by atoms with E-state index in [1.165, 1.54) is 26.4 Å². The van der Waals surface area contributed by atoms with Crippen molar-refractivity contribution in [3.63, 3.8) is 0 Å². The van der Waals surface area contributed by atoms with Crippen molar-refractivity contribution in [3.8, 4) is 0 Å². The van der Waals surface area contributed by atoms with Gasteiger partial charge in [0.1, 0.15) is 0 Å². The molecule has 2 amide bonds. The highest BCUT2D eigenvalue weighted by Gasteiger charge is 2.29. The first kappa shape index (κ1) is 27.1. The molecule has 5 rings (SSSR count). The first-order valence-corrected chi connectivity index (χ1v) is 13.6. The van der Waals surface area contributed by atoms with Crippen LogP contribution in [0.2, 0.25) is 0 Å². The monoisotopic (exact) mass is 538 g/mol. The number of fused-ring (bicyclic) bond motifs is 1. The van der Waals surface area contributed by atoms with Crippen molar-refractivity contribution >= 4 is 46.1 Å². The Kier molecular flexibility index (Phi) is 8.26. The standard InChI is InChI=1S/C32H34N4O4/c1-35(28(37)17-20-36-18-7-4-8-19-36)25-14-12-24(13-15-25)33-30(22-9-5-3-6-10-22)29-26-16-11-23(32(39)40-2)21-27(26)34-31(29)38/h3,5-6,9-16,21,33H,4,7-8,17-20H2,1-2H3,(H,34,38)/b30-29-. The second-order valence-corrected chi connectivity index (χ2v) is 10.1. The van der Waals surface area contributed by atoms with Gasteiger partial charge in [0, 0.05) is 37.0 Å².